The van der Waals surface area contributed by atoms with Crippen molar-refractivity contribution < 1.29 is 9.90 Å². The molecule has 0 unspecified atom stereocenters. The molecule has 0 atom stereocenters. The van der Waals surface area contributed by atoms with Gasteiger partial charge in [-0.2, -0.15) is 0 Å². The molecule has 6 aromatic carbocycles. The molecule has 0 saturated carbocycles. The molecule has 2 aromatic heterocycles. The van der Waals surface area contributed by atoms with E-state index in [1.807, 2.05) is 72.8 Å². The zero-order chi connectivity index (χ0) is 30.7. The van der Waals surface area contributed by atoms with Crippen molar-refractivity contribution >= 4 is 32.5 Å². The predicted molar refractivity (Wildman–Crippen MR) is 169 cm³/mol. The summed E-state index contributed by atoms with van der Waals surface area (Å²) in [5.41, 5.74) is 6.06. The summed E-state index contributed by atoms with van der Waals surface area (Å²) in [7, 11) is 0. The van der Waals surface area contributed by atoms with Crippen LogP contribution in [0, 0.1) is 0 Å². The first kappa shape index (κ1) is 19.5. The molecule has 41 heavy (non-hydrogen) atoms. The summed E-state index contributed by atoms with van der Waals surface area (Å²) in [6.45, 7) is 0. The van der Waals surface area contributed by atoms with E-state index >= 15 is 0 Å². The van der Waals surface area contributed by atoms with Gasteiger partial charge in [0, 0.05) is 28.9 Å². The van der Waals surface area contributed by atoms with Gasteiger partial charge in [0.05, 0.1) is 11.0 Å². The first-order valence-corrected chi connectivity index (χ1v) is 13.4. The van der Waals surface area contributed by atoms with Crippen LogP contribution < -0.4 is 0 Å². The number of aromatic nitrogens is 2. The van der Waals surface area contributed by atoms with Crippen molar-refractivity contribution in [1.29, 1.82) is 0 Å². The Morgan fingerprint density at radius 3 is 1.76 bits per heavy atom. The molecule has 3 nitrogen and oxygen atoms in total. The van der Waals surface area contributed by atoms with Crippen LogP contribution in [0.3, 0.4) is 0 Å². The number of rotatable bonds is 4. The Morgan fingerprint density at radius 2 is 1.05 bits per heavy atom. The van der Waals surface area contributed by atoms with E-state index in [0.717, 1.165) is 22.1 Å². The van der Waals surface area contributed by atoms with Crippen LogP contribution in [0.15, 0.2) is 150 Å². The number of benzene rings is 6. The Labute approximate surface area is 243 Å². The zero-order valence-corrected chi connectivity index (χ0v) is 21.8. The van der Waals surface area contributed by atoms with E-state index in [9.17, 15) is 5.48 Å². The number of nitrogens with zero attached hydrogens (tertiary/aromatic N) is 2. The Hall–Kier alpha value is -5.54. The highest BCUT2D eigenvalue weighted by atomic mass is 16.3. The van der Waals surface area contributed by atoms with E-state index in [4.69, 9.17) is 4.42 Å². The van der Waals surface area contributed by atoms with Crippen LogP contribution in [0.1, 0.15) is 5.48 Å². The molecule has 0 radical (unpaired) electrons. The summed E-state index contributed by atoms with van der Waals surface area (Å²) in [5, 5.41) is 2.95. The average molecular weight is 529 g/mol. The molecule has 2 heterocycles. The normalized spacial score (nSPS) is 12.8. The maximum absolute atomic E-state index is 9.28. The van der Waals surface area contributed by atoms with Crippen molar-refractivity contribution in [2.24, 2.45) is 0 Å². The number of furan rings is 1. The monoisotopic (exact) mass is 528 g/mol. The molecule has 0 fully saturated rings. The van der Waals surface area contributed by atoms with Crippen molar-refractivity contribution in [2.45, 2.75) is 0 Å². The molecule has 0 saturated heterocycles. The van der Waals surface area contributed by atoms with Gasteiger partial charge in [-0.3, -0.25) is 0 Å². The lowest BCUT2D eigenvalue weighted by atomic mass is 9.84. The fourth-order valence-corrected chi connectivity index (χ4v) is 5.76. The molecule has 3 heteroatoms. The van der Waals surface area contributed by atoms with Crippen LogP contribution in [0.25, 0.3) is 77.2 Å². The molecule has 0 amide bonds. The Bertz CT molecular complexity index is 2350. The van der Waals surface area contributed by atoms with Gasteiger partial charge in [-0.25, -0.2) is 9.97 Å². The topological polar surface area (TPSA) is 38.9 Å². The molecular weight excluding hydrogens is 500 g/mol. The van der Waals surface area contributed by atoms with Gasteiger partial charge >= 0.3 is 0 Å². The van der Waals surface area contributed by atoms with Crippen molar-refractivity contribution in [3.63, 3.8) is 0 Å². The summed E-state index contributed by atoms with van der Waals surface area (Å²) >= 11 is 0. The van der Waals surface area contributed by atoms with Crippen LogP contribution in [-0.4, -0.2) is 9.97 Å². The summed E-state index contributed by atoms with van der Waals surface area (Å²) in [5.74, 6) is 0.503. The minimum atomic E-state index is 0.216. The van der Waals surface area contributed by atoms with Gasteiger partial charge in [0.1, 0.15) is 17.7 Å². The highest BCUT2D eigenvalue weighted by Crippen LogP contribution is 2.49. The highest BCUT2D eigenvalue weighted by Gasteiger charge is 2.24. The summed E-state index contributed by atoms with van der Waals surface area (Å²) < 4.78 is 43.5. The van der Waals surface area contributed by atoms with Crippen LogP contribution in [0.5, 0.6) is 0 Å². The van der Waals surface area contributed by atoms with Gasteiger partial charge in [-0.05, 0) is 55.9 Å². The van der Waals surface area contributed by atoms with Crippen LogP contribution in [0.2, 0.25) is 0 Å². The molecule has 8 rings (SSSR count). The van der Waals surface area contributed by atoms with E-state index in [1.54, 1.807) is 36.7 Å². The zero-order valence-electron chi connectivity index (χ0n) is 25.8. The second-order valence-electron chi connectivity index (χ2n) is 9.87. The van der Waals surface area contributed by atoms with E-state index < -0.39 is 0 Å². The summed E-state index contributed by atoms with van der Waals surface area (Å²) in [6.07, 6.45) is 4.81. The third-order valence-electron chi connectivity index (χ3n) is 7.50. The van der Waals surface area contributed by atoms with Crippen molar-refractivity contribution in [1.82, 2.24) is 9.97 Å². The Balaban J connectivity index is 1.60. The second-order valence-corrected chi connectivity index (χ2v) is 9.87. The first-order chi connectivity index (χ1) is 22.0. The lowest BCUT2D eigenvalue weighted by Gasteiger charge is -2.18. The SMILES string of the molecule is [2H]c1ccc([2H])c2c(-c3c(-c4cncnc4)oc4ccccc34)c3c([2H])ccc([2H])c3c(-c3cccc(-c4ccccc4)c3)c12. The van der Waals surface area contributed by atoms with Crippen molar-refractivity contribution in [3.05, 3.63) is 146 Å². The number of hydrogen-bond acceptors (Lipinski definition) is 3. The van der Waals surface area contributed by atoms with E-state index in [1.165, 1.54) is 6.33 Å². The van der Waals surface area contributed by atoms with Crippen LogP contribution in [0.4, 0.5) is 0 Å². The minimum absolute atomic E-state index is 0.216. The third kappa shape index (κ3) is 3.82. The number of para-hydroxylation sites is 1. The predicted octanol–water partition coefficient (Wildman–Crippen LogP) is 10.2. The van der Waals surface area contributed by atoms with Gasteiger partial charge in [0.25, 0.3) is 0 Å². The van der Waals surface area contributed by atoms with Gasteiger partial charge < -0.3 is 4.42 Å². The lowest BCUT2D eigenvalue weighted by Crippen LogP contribution is -1.92. The molecule has 192 valence electrons. The number of hydrogen-bond donors (Lipinski definition) is 0. The standard InChI is InChI=1S/C38H24N2O/c1-2-11-25(12-3-1)26-13-10-14-27(21-26)35-29-15-4-6-17-31(29)36(32-18-7-5-16-30(32)35)37-33-19-8-9-20-34(33)41-38(37)28-22-39-24-40-23-28/h1-24H/i15D,16D,17D,18D. The lowest BCUT2D eigenvalue weighted by molar-refractivity contribution is 0.631. The quantitative estimate of drug-likeness (QED) is 0.213. The van der Waals surface area contributed by atoms with E-state index in [2.05, 4.69) is 16.0 Å². The molecule has 0 aliphatic rings. The third-order valence-corrected chi connectivity index (χ3v) is 7.50. The molecule has 8 aromatic rings. The molecule has 0 bridgehead atoms. The fraction of sp³-hybridized carbons (Fsp3) is 0. The average Bonchev–Trinajstić information content (AvgIpc) is 3.47. The Morgan fingerprint density at radius 1 is 0.463 bits per heavy atom. The fourth-order valence-electron chi connectivity index (χ4n) is 5.76. The van der Waals surface area contributed by atoms with Crippen molar-refractivity contribution in [2.75, 3.05) is 0 Å². The largest absolute Gasteiger partial charge is 0.455 e. The van der Waals surface area contributed by atoms with Gasteiger partial charge in [0.15, 0.2) is 0 Å². The van der Waals surface area contributed by atoms with Gasteiger partial charge in [-0.1, -0.05) is 115 Å². The maximum Gasteiger partial charge on any atom is 0.146 e. The smallest absolute Gasteiger partial charge is 0.146 e. The van der Waals surface area contributed by atoms with E-state index in [0.29, 0.717) is 55.1 Å². The van der Waals surface area contributed by atoms with E-state index in [-0.39, 0.29) is 24.2 Å². The van der Waals surface area contributed by atoms with Crippen LogP contribution in [-0.2, 0) is 0 Å². The minimum Gasteiger partial charge on any atom is -0.455 e. The molecule has 0 N–H and O–H groups in total. The van der Waals surface area contributed by atoms with Gasteiger partial charge in [-0.15, -0.1) is 0 Å². The molecule has 0 aliphatic heterocycles. The van der Waals surface area contributed by atoms with Gasteiger partial charge in [0.2, 0.25) is 0 Å². The summed E-state index contributed by atoms with van der Waals surface area (Å²) in [6, 6.07) is 33.2. The maximum atomic E-state index is 9.28. The van der Waals surface area contributed by atoms with Crippen LogP contribution >= 0.6 is 0 Å². The first-order valence-electron chi connectivity index (χ1n) is 15.4. The molecule has 0 spiro atoms. The summed E-state index contributed by atoms with van der Waals surface area (Å²) in [4.78, 5) is 8.47. The highest BCUT2D eigenvalue weighted by molar-refractivity contribution is 6.24. The number of fused-ring (bicyclic) bond motifs is 3. The second kappa shape index (κ2) is 9.58. The molecule has 0 aliphatic carbocycles. The Kier molecular flexibility index (Phi) is 4.56. The van der Waals surface area contributed by atoms with Crippen molar-refractivity contribution in [3.8, 4) is 44.7 Å². The molecular formula is C38H24N2O.